The van der Waals surface area contributed by atoms with E-state index in [-0.39, 0.29) is 11.7 Å². The van der Waals surface area contributed by atoms with Gasteiger partial charge in [0, 0.05) is 32.2 Å². The number of ether oxygens (including phenoxy) is 1. The Labute approximate surface area is 166 Å². The van der Waals surface area contributed by atoms with Gasteiger partial charge in [-0.2, -0.15) is 0 Å². The molecule has 1 saturated carbocycles. The number of hydrogen-bond acceptors (Lipinski definition) is 3. The first-order valence-electron chi connectivity index (χ1n) is 10.6. The van der Waals surface area contributed by atoms with Gasteiger partial charge in [-0.3, -0.25) is 4.90 Å². The van der Waals surface area contributed by atoms with Crippen LogP contribution in [0.4, 0.5) is 13.2 Å². The summed E-state index contributed by atoms with van der Waals surface area (Å²) in [7, 11) is 2.18. The third-order valence-corrected chi connectivity index (χ3v) is 6.53. The quantitative estimate of drug-likeness (QED) is 0.649. The smallest absolute Gasteiger partial charge is 0.406 e. The summed E-state index contributed by atoms with van der Waals surface area (Å²) < 4.78 is 42.3. The second-order valence-electron chi connectivity index (χ2n) is 8.43. The molecule has 0 unspecified atom stereocenters. The maximum atomic E-state index is 12.7. The van der Waals surface area contributed by atoms with Crippen molar-refractivity contribution in [1.82, 2.24) is 9.80 Å². The van der Waals surface area contributed by atoms with Crippen molar-refractivity contribution >= 4 is 0 Å². The molecule has 1 aromatic carbocycles. The summed E-state index contributed by atoms with van der Waals surface area (Å²) in [5.74, 6) is 0.697. The first-order chi connectivity index (χ1) is 13.4. The zero-order valence-electron chi connectivity index (χ0n) is 17.0. The molecule has 0 radical (unpaired) electrons. The molecule has 2 aliphatic rings. The van der Waals surface area contributed by atoms with Gasteiger partial charge in [-0.15, -0.1) is 13.2 Å². The highest BCUT2D eigenvalue weighted by Crippen LogP contribution is 2.38. The van der Waals surface area contributed by atoms with E-state index in [0.717, 1.165) is 38.2 Å². The van der Waals surface area contributed by atoms with Gasteiger partial charge in [0.05, 0.1) is 0 Å². The third-order valence-electron chi connectivity index (χ3n) is 6.53. The van der Waals surface area contributed by atoms with Gasteiger partial charge < -0.3 is 9.64 Å². The van der Waals surface area contributed by atoms with Crippen LogP contribution in [0.25, 0.3) is 0 Å². The highest BCUT2D eigenvalue weighted by Gasteiger charge is 2.33. The van der Waals surface area contributed by atoms with Crippen molar-refractivity contribution in [1.29, 1.82) is 0 Å². The van der Waals surface area contributed by atoms with Crippen LogP contribution in [0.15, 0.2) is 24.3 Å². The van der Waals surface area contributed by atoms with Crippen molar-refractivity contribution in [3.8, 4) is 5.75 Å². The molecule has 0 N–H and O–H groups in total. The first-order valence-corrected chi connectivity index (χ1v) is 10.6. The average molecular weight is 399 g/mol. The van der Waals surface area contributed by atoms with Crippen LogP contribution in [0.2, 0.25) is 0 Å². The van der Waals surface area contributed by atoms with Gasteiger partial charge in [-0.1, -0.05) is 38.3 Å². The fourth-order valence-corrected chi connectivity index (χ4v) is 4.90. The number of likely N-dealkylation sites (N-methyl/N-ethyl adjacent to an activating group) is 1. The summed E-state index contributed by atoms with van der Waals surface area (Å²) in [6, 6.07) is 7.25. The second-order valence-corrected chi connectivity index (χ2v) is 8.43. The molecule has 1 heterocycles. The number of nitrogens with zero attached hydrogens (tertiary/aromatic N) is 2. The van der Waals surface area contributed by atoms with E-state index in [1.54, 1.807) is 12.1 Å². The molecule has 158 valence electrons. The molecule has 0 aromatic heterocycles. The normalized spacial score (nSPS) is 24.2. The Bertz CT molecular complexity index is 616. The molecular weight excluding hydrogens is 365 g/mol. The van der Waals surface area contributed by atoms with E-state index in [4.69, 9.17) is 0 Å². The van der Waals surface area contributed by atoms with E-state index in [1.165, 1.54) is 38.2 Å². The van der Waals surface area contributed by atoms with Crippen LogP contribution in [0, 0.1) is 5.92 Å². The molecule has 2 fully saturated rings. The standard InChI is InChI=1S/C22H33F3N2O/c1-3-19-15-27(13-12-26(19)2)16-21(17-8-5-4-6-9-17)18-10-7-11-20(14-18)28-22(23,24)25/h7,10-11,14,17,19,21H,3-6,8-9,12-13,15-16H2,1-2H3/t19-,21-/m0/s1. The highest BCUT2D eigenvalue weighted by atomic mass is 19.4. The predicted molar refractivity (Wildman–Crippen MR) is 106 cm³/mol. The van der Waals surface area contributed by atoms with Crippen molar-refractivity contribution in [2.75, 3.05) is 33.2 Å². The van der Waals surface area contributed by atoms with E-state index in [2.05, 4.69) is 28.5 Å². The molecule has 0 bridgehead atoms. The summed E-state index contributed by atoms with van der Waals surface area (Å²) in [5, 5.41) is 0. The summed E-state index contributed by atoms with van der Waals surface area (Å²) in [6.45, 7) is 6.25. The minimum Gasteiger partial charge on any atom is -0.406 e. The minimum absolute atomic E-state index is 0.101. The van der Waals surface area contributed by atoms with E-state index in [1.807, 2.05) is 6.07 Å². The van der Waals surface area contributed by atoms with Gasteiger partial charge in [0.15, 0.2) is 0 Å². The van der Waals surface area contributed by atoms with Gasteiger partial charge in [-0.05, 0) is 55.8 Å². The maximum absolute atomic E-state index is 12.7. The minimum atomic E-state index is -4.65. The van der Waals surface area contributed by atoms with E-state index < -0.39 is 6.36 Å². The SMILES string of the molecule is CC[C@H]1CN(C[C@H](c2cccc(OC(F)(F)F)c2)C2CCCCC2)CCN1C. The zero-order valence-corrected chi connectivity index (χ0v) is 17.0. The fraction of sp³-hybridized carbons (Fsp3) is 0.727. The highest BCUT2D eigenvalue weighted by molar-refractivity contribution is 5.32. The lowest BCUT2D eigenvalue weighted by Crippen LogP contribution is -2.52. The lowest BCUT2D eigenvalue weighted by atomic mass is 9.76. The Balaban J connectivity index is 1.78. The van der Waals surface area contributed by atoms with Crippen molar-refractivity contribution in [3.05, 3.63) is 29.8 Å². The Morgan fingerprint density at radius 3 is 2.57 bits per heavy atom. The molecular formula is C22H33F3N2O. The molecule has 3 rings (SSSR count). The number of piperazine rings is 1. The van der Waals surface area contributed by atoms with Gasteiger partial charge in [0.1, 0.15) is 5.75 Å². The fourth-order valence-electron chi connectivity index (χ4n) is 4.90. The van der Waals surface area contributed by atoms with Gasteiger partial charge >= 0.3 is 6.36 Å². The van der Waals surface area contributed by atoms with Crippen molar-refractivity contribution in [2.45, 2.75) is 63.8 Å². The van der Waals surface area contributed by atoms with Gasteiger partial charge in [-0.25, -0.2) is 0 Å². The summed E-state index contributed by atoms with van der Waals surface area (Å²) >= 11 is 0. The number of benzene rings is 1. The Hall–Kier alpha value is -1.27. The Morgan fingerprint density at radius 1 is 1.14 bits per heavy atom. The number of alkyl halides is 3. The van der Waals surface area contributed by atoms with Gasteiger partial charge in [0.25, 0.3) is 0 Å². The molecule has 1 aliphatic carbocycles. The third kappa shape index (κ3) is 5.86. The molecule has 0 spiro atoms. The van der Waals surface area contributed by atoms with Crippen LogP contribution in [0.3, 0.4) is 0 Å². The Kier molecular flexibility index (Phi) is 7.26. The number of halogens is 3. The largest absolute Gasteiger partial charge is 0.573 e. The molecule has 28 heavy (non-hydrogen) atoms. The monoisotopic (exact) mass is 398 g/mol. The maximum Gasteiger partial charge on any atom is 0.573 e. The molecule has 3 nitrogen and oxygen atoms in total. The van der Waals surface area contributed by atoms with Crippen molar-refractivity contribution in [2.24, 2.45) is 5.92 Å². The topological polar surface area (TPSA) is 15.7 Å². The van der Waals surface area contributed by atoms with Crippen molar-refractivity contribution < 1.29 is 17.9 Å². The second kappa shape index (κ2) is 9.49. The van der Waals surface area contributed by atoms with Crippen LogP contribution < -0.4 is 4.74 Å². The number of rotatable bonds is 6. The van der Waals surface area contributed by atoms with Crippen LogP contribution in [-0.2, 0) is 0 Å². The summed E-state index contributed by atoms with van der Waals surface area (Å²) in [5.41, 5.74) is 0.987. The molecule has 0 amide bonds. The molecule has 1 aromatic rings. The summed E-state index contributed by atoms with van der Waals surface area (Å²) in [4.78, 5) is 4.94. The van der Waals surface area contributed by atoms with E-state index in [9.17, 15) is 13.2 Å². The average Bonchev–Trinajstić information content (AvgIpc) is 2.67. The van der Waals surface area contributed by atoms with Crippen LogP contribution >= 0.6 is 0 Å². The van der Waals surface area contributed by atoms with Crippen molar-refractivity contribution in [3.63, 3.8) is 0 Å². The van der Waals surface area contributed by atoms with Crippen LogP contribution in [0.1, 0.15) is 56.9 Å². The lowest BCUT2D eigenvalue weighted by molar-refractivity contribution is -0.274. The molecule has 2 atom stereocenters. The Morgan fingerprint density at radius 2 is 1.89 bits per heavy atom. The first kappa shape index (κ1) is 21.4. The predicted octanol–water partition coefficient (Wildman–Crippen LogP) is 5.28. The molecule has 6 heteroatoms. The van der Waals surface area contributed by atoms with Gasteiger partial charge in [0.2, 0.25) is 0 Å². The molecule has 1 aliphatic heterocycles. The number of hydrogen-bond donors (Lipinski definition) is 0. The van der Waals surface area contributed by atoms with E-state index >= 15 is 0 Å². The summed E-state index contributed by atoms with van der Waals surface area (Å²) in [6.07, 6.45) is 2.52. The zero-order chi connectivity index (χ0) is 20.1. The van der Waals surface area contributed by atoms with Crippen LogP contribution in [0.5, 0.6) is 5.75 Å². The van der Waals surface area contributed by atoms with Crippen LogP contribution in [-0.4, -0.2) is 55.4 Å². The lowest BCUT2D eigenvalue weighted by Gasteiger charge is -2.42. The molecule has 1 saturated heterocycles. The van der Waals surface area contributed by atoms with E-state index in [0.29, 0.717) is 12.0 Å².